The summed E-state index contributed by atoms with van der Waals surface area (Å²) >= 11 is 0. The van der Waals surface area contributed by atoms with Crippen molar-refractivity contribution in [1.29, 1.82) is 0 Å². The van der Waals surface area contributed by atoms with E-state index in [1.165, 1.54) is 12.1 Å². The molecular formula is C18H20N4O4. The Kier molecular flexibility index (Phi) is 6.78. The number of hydrogen-bond acceptors (Lipinski definition) is 6. The van der Waals surface area contributed by atoms with Crippen LogP contribution in [0, 0.1) is 20.2 Å². The number of unbranched alkanes of at least 4 members (excludes halogenated alkanes) is 2. The van der Waals surface area contributed by atoms with Crippen LogP contribution in [0.4, 0.5) is 17.1 Å². The average Bonchev–Trinajstić information content (AvgIpc) is 2.65. The van der Waals surface area contributed by atoms with Crippen molar-refractivity contribution in [2.24, 2.45) is 5.10 Å². The van der Waals surface area contributed by atoms with Crippen LogP contribution in [0.15, 0.2) is 53.6 Å². The lowest BCUT2D eigenvalue weighted by Crippen LogP contribution is -2.06. The monoisotopic (exact) mass is 356 g/mol. The maximum absolute atomic E-state index is 11.2. The third kappa shape index (κ3) is 5.10. The van der Waals surface area contributed by atoms with E-state index in [1.54, 1.807) is 0 Å². The van der Waals surface area contributed by atoms with E-state index >= 15 is 0 Å². The molecule has 0 fully saturated rings. The molecule has 26 heavy (non-hydrogen) atoms. The molecule has 0 aliphatic heterocycles. The van der Waals surface area contributed by atoms with Gasteiger partial charge in [-0.05, 0) is 24.5 Å². The molecule has 1 N–H and O–H groups in total. The van der Waals surface area contributed by atoms with Gasteiger partial charge in [0.25, 0.3) is 5.69 Å². The lowest BCUT2D eigenvalue weighted by Gasteiger charge is -2.08. The lowest BCUT2D eigenvalue weighted by atomic mass is 10.0. The Morgan fingerprint density at radius 2 is 1.77 bits per heavy atom. The fourth-order valence-electron chi connectivity index (χ4n) is 2.44. The number of benzene rings is 2. The molecule has 0 radical (unpaired) electrons. The second kappa shape index (κ2) is 9.26. The maximum Gasteiger partial charge on any atom is 0.301 e. The van der Waals surface area contributed by atoms with Gasteiger partial charge in [0.2, 0.25) is 0 Å². The number of nitrogens with zero attached hydrogens (tertiary/aromatic N) is 3. The number of nitro benzene ring substituents is 2. The number of nitro groups is 2. The molecule has 0 heterocycles. The fraction of sp³-hybridized carbons (Fsp3) is 0.278. The maximum atomic E-state index is 11.2. The van der Waals surface area contributed by atoms with Crippen molar-refractivity contribution in [3.63, 3.8) is 0 Å². The van der Waals surface area contributed by atoms with Crippen molar-refractivity contribution in [3.05, 3.63) is 74.3 Å². The number of non-ortho nitro benzene ring substituents is 1. The van der Waals surface area contributed by atoms with E-state index in [0.717, 1.165) is 43.0 Å². The van der Waals surface area contributed by atoms with Gasteiger partial charge in [-0.2, -0.15) is 5.10 Å². The van der Waals surface area contributed by atoms with E-state index < -0.39 is 9.85 Å². The molecule has 0 unspecified atom stereocenters. The first-order valence-electron chi connectivity index (χ1n) is 8.33. The Morgan fingerprint density at radius 3 is 2.38 bits per heavy atom. The van der Waals surface area contributed by atoms with Gasteiger partial charge in [-0.3, -0.25) is 25.7 Å². The highest BCUT2D eigenvalue weighted by molar-refractivity contribution is 6.01. The van der Waals surface area contributed by atoms with Crippen LogP contribution in [0.25, 0.3) is 0 Å². The molecule has 0 bridgehead atoms. The van der Waals surface area contributed by atoms with E-state index in [1.807, 2.05) is 30.3 Å². The van der Waals surface area contributed by atoms with Gasteiger partial charge in [-0.25, -0.2) is 0 Å². The Bertz CT molecular complexity index is 806. The summed E-state index contributed by atoms with van der Waals surface area (Å²) in [7, 11) is 0. The van der Waals surface area contributed by atoms with Gasteiger partial charge < -0.3 is 0 Å². The van der Waals surface area contributed by atoms with Crippen molar-refractivity contribution in [2.45, 2.75) is 32.6 Å². The van der Waals surface area contributed by atoms with Crippen molar-refractivity contribution >= 4 is 22.8 Å². The average molecular weight is 356 g/mol. The normalized spacial score (nSPS) is 11.2. The smallest absolute Gasteiger partial charge is 0.271 e. The largest absolute Gasteiger partial charge is 0.301 e. The molecule has 0 saturated heterocycles. The molecule has 136 valence electrons. The number of hydrazone groups is 1. The molecule has 0 amide bonds. The lowest BCUT2D eigenvalue weighted by molar-refractivity contribution is -0.393. The second-order valence-electron chi connectivity index (χ2n) is 5.71. The Labute approximate surface area is 150 Å². The molecule has 2 rings (SSSR count). The summed E-state index contributed by atoms with van der Waals surface area (Å²) in [5.41, 5.74) is 3.82. The van der Waals surface area contributed by atoms with Crippen LogP contribution in [-0.4, -0.2) is 15.6 Å². The highest BCUT2D eigenvalue weighted by Crippen LogP contribution is 2.29. The molecule has 0 aliphatic carbocycles. The molecule has 2 aromatic rings. The van der Waals surface area contributed by atoms with E-state index in [4.69, 9.17) is 0 Å². The molecule has 8 nitrogen and oxygen atoms in total. The summed E-state index contributed by atoms with van der Waals surface area (Å²) in [4.78, 5) is 20.7. The summed E-state index contributed by atoms with van der Waals surface area (Å²) < 4.78 is 0. The zero-order valence-corrected chi connectivity index (χ0v) is 14.4. The third-order valence-electron chi connectivity index (χ3n) is 3.82. The fourth-order valence-corrected chi connectivity index (χ4v) is 2.44. The first kappa shape index (κ1) is 19.0. The Morgan fingerprint density at radius 1 is 1.04 bits per heavy atom. The Hall–Kier alpha value is -3.29. The summed E-state index contributed by atoms with van der Waals surface area (Å²) in [5.74, 6) is 0. The number of nitrogens with one attached hydrogen (secondary N) is 1. The summed E-state index contributed by atoms with van der Waals surface area (Å²) in [6.07, 6.45) is 3.81. The molecule has 0 spiro atoms. The highest BCUT2D eigenvalue weighted by atomic mass is 16.6. The number of anilines is 1. The zero-order chi connectivity index (χ0) is 18.9. The number of hydrogen-bond donors (Lipinski definition) is 1. The first-order chi connectivity index (χ1) is 12.5. The van der Waals surface area contributed by atoms with Crippen LogP contribution in [0.1, 0.15) is 38.2 Å². The predicted molar refractivity (Wildman–Crippen MR) is 100 cm³/mol. The van der Waals surface area contributed by atoms with Crippen LogP contribution in [0.2, 0.25) is 0 Å². The minimum absolute atomic E-state index is 0.115. The molecule has 2 aromatic carbocycles. The van der Waals surface area contributed by atoms with Gasteiger partial charge in [0.05, 0.1) is 21.6 Å². The first-order valence-corrected chi connectivity index (χ1v) is 8.33. The topological polar surface area (TPSA) is 111 Å². The second-order valence-corrected chi connectivity index (χ2v) is 5.71. The highest BCUT2D eigenvalue weighted by Gasteiger charge is 2.19. The minimum atomic E-state index is -0.666. The van der Waals surface area contributed by atoms with Crippen molar-refractivity contribution in [3.8, 4) is 0 Å². The zero-order valence-electron chi connectivity index (χ0n) is 14.4. The summed E-state index contributed by atoms with van der Waals surface area (Å²) in [6, 6.07) is 13.0. The standard InChI is InChI=1S/C18H20N4O4/c1-2-3-5-10-16(14-8-6-4-7-9-14)19-20-17-12-11-15(21(23)24)13-18(17)22(25)26/h4,6-9,11-13,20H,2-3,5,10H2,1H3. The van der Waals surface area contributed by atoms with Crippen LogP contribution in [-0.2, 0) is 0 Å². The van der Waals surface area contributed by atoms with Crippen LogP contribution in [0.3, 0.4) is 0 Å². The third-order valence-corrected chi connectivity index (χ3v) is 3.82. The van der Waals surface area contributed by atoms with Crippen LogP contribution < -0.4 is 5.43 Å². The summed E-state index contributed by atoms with van der Waals surface area (Å²) in [5, 5.41) is 26.4. The van der Waals surface area contributed by atoms with E-state index in [0.29, 0.717) is 0 Å². The molecule has 0 saturated carbocycles. The summed E-state index contributed by atoms with van der Waals surface area (Å²) in [6.45, 7) is 2.11. The quantitative estimate of drug-likeness (QED) is 0.297. The van der Waals surface area contributed by atoms with Gasteiger partial charge in [0.15, 0.2) is 0 Å². The van der Waals surface area contributed by atoms with Gasteiger partial charge in [-0.15, -0.1) is 0 Å². The molecular weight excluding hydrogens is 336 g/mol. The van der Waals surface area contributed by atoms with Crippen molar-refractivity contribution in [2.75, 3.05) is 5.43 Å². The minimum Gasteiger partial charge on any atom is -0.271 e. The van der Waals surface area contributed by atoms with Crippen LogP contribution >= 0.6 is 0 Å². The molecule has 8 heteroatoms. The SMILES string of the molecule is CCCCCC(=NNc1ccc([N+](=O)[O-])cc1[N+](=O)[O-])c1ccccc1. The van der Waals surface area contributed by atoms with E-state index in [9.17, 15) is 20.2 Å². The number of rotatable bonds is 9. The van der Waals surface area contributed by atoms with Gasteiger partial charge in [0, 0.05) is 6.07 Å². The van der Waals surface area contributed by atoms with Crippen LogP contribution in [0.5, 0.6) is 0 Å². The van der Waals surface area contributed by atoms with Crippen molar-refractivity contribution in [1.82, 2.24) is 0 Å². The molecule has 0 aliphatic rings. The van der Waals surface area contributed by atoms with Gasteiger partial charge in [0.1, 0.15) is 5.69 Å². The van der Waals surface area contributed by atoms with Crippen molar-refractivity contribution < 1.29 is 9.85 Å². The Balaban J connectivity index is 2.30. The van der Waals surface area contributed by atoms with Gasteiger partial charge >= 0.3 is 5.69 Å². The molecule has 0 aromatic heterocycles. The van der Waals surface area contributed by atoms with Gasteiger partial charge in [-0.1, -0.05) is 50.1 Å². The predicted octanol–water partition coefficient (Wildman–Crippen LogP) is 4.90. The molecule has 0 atom stereocenters. The van der Waals surface area contributed by atoms with E-state index in [-0.39, 0.29) is 17.1 Å². The van der Waals surface area contributed by atoms with E-state index in [2.05, 4.69) is 17.5 Å².